The molecule has 1 amide bonds. The minimum atomic E-state index is -3.04. The number of alkyl halides is 3. The van der Waals surface area contributed by atoms with E-state index in [1.807, 2.05) is 30.3 Å². The number of sulfone groups is 1. The molecule has 1 aliphatic heterocycles. The van der Waals surface area contributed by atoms with Gasteiger partial charge in [-0.05, 0) is 5.56 Å². The molecule has 23 heavy (non-hydrogen) atoms. The molecular weight excluding hydrogens is 383 g/mol. The maximum Gasteiger partial charge on any atom is 0.262 e. The van der Waals surface area contributed by atoms with Crippen LogP contribution in [0.4, 0.5) is 0 Å². The first kappa shape index (κ1) is 18.8. The summed E-state index contributed by atoms with van der Waals surface area (Å²) in [4.78, 5) is 12.1. The van der Waals surface area contributed by atoms with Gasteiger partial charge in [-0.25, -0.2) is 8.42 Å². The van der Waals surface area contributed by atoms with E-state index in [1.54, 1.807) is 5.32 Å². The van der Waals surface area contributed by atoms with E-state index in [0.29, 0.717) is 6.42 Å². The van der Waals surface area contributed by atoms with Gasteiger partial charge in [-0.3, -0.25) is 4.79 Å². The SMILES string of the molecule is O=C(Cc1ccccc1)N[C@H]([NH2+][C@@H]1CCS(=O)(=O)C1)C(Cl)(Cl)Cl. The highest BCUT2D eigenvalue weighted by Gasteiger charge is 2.41. The Labute approximate surface area is 150 Å². The van der Waals surface area contributed by atoms with E-state index in [-0.39, 0.29) is 29.9 Å². The van der Waals surface area contributed by atoms with Crippen LogP contribution in [-0.2, 0) is 21.1 Å². The number of amides is 1. The molecule has 1 fully saturated rings. The van der Waals surface area contributed by atoms with Crippen molar-refractivity contribution in [3.05, 3.63) is 35.9 Å². The Bertz CT molecular complexity index is 647. The molecule has 1 heterocycles. The summed E-state index contributed by atoms with van der Waals surface area (Å²) in [5.74, 6) is -0.137. The van der Waals surface area contributed by atoms with Gasteiger partial charge in [0.1, 0.15) is 11.8 Å². The minimum absolute atomic E-state index is 0.0266. The van der Waals surface area contributed by atoms with Gasteiger partial charge in [0.15, 0.2) is 9.84 Å². The largest absolute Gasteiger partial charge is 0.320 e. The molecule has 9 heteroatoms. The van der Waals surface area contributed by atoms with Crippen molar-refractivity contribution in [3.63, 3.8) is 0 Å². The average Bonchev–Trinajstić information content (AvgIpc) is 2.77. The third-order valence-electron chi connectivity index (χ3n) is 3.61. The number of hydrogen-bond acceptors (Lipinski definition) is 3. The Hall–Kier alpha value is -0.530. The molecule has 0 aromatic heterocycles. The van der Waals surface area contributed by atoms with E-state index in [0.717, 1.165) is 5.56 Å². The molecule has 0 unspecified atom stereocenters. The van der Waals surface area contributed by atoms with Crippen molar-refractivity contribution in [3.8, 4) is 0 Å². The molecule has 1 aromatic carbocycles. The number of hydrogen-bond donors (Lipinski definition) is 2. The van der Waals surface area contributed by atoms with Gasteiger partial charge >= 0.3 is 0 Å². The van der Waals surface area contributed by atoms with E-state index >= 15 is 0 Å². The van der Waals surface area contributed by atoms with Crippen LogP contribution in [0.25, 0.3) is 0 Å². The van der Waals surface area contributed by atoms with Gasteiger partial charge in [0, 0.05) is 6.42 Å². The second kappa shape index (κ2) is 7.57. The van der Waals surface area contributed by atoms with E-state index in [4.69, 9.17) is 34.8 Å². The Kier molecular flexibility index (Phi) is 6.19. The number of rotatable bonds is 5. The molecule has 128 valence electrons. The molecule has 0 aliphatic carbocycles. The number of nitrogens with one attached hydrogen (secondary N) is 1. The monoisotopic (exact) mass is 399 g/mol. The molecule has 1 aliphatic rings. The van der Waals surface area contributed by atoms with Crippen LogP contribution in [0.2, 0.25) is 0 Å². The maximum atomic E-state index is 12.1. The highest BCUT2D eigenvalue weighted by molar-refractivity contribution is 7.91. The van der Waals surface area contributed by atoms with Gasteiger partial charge in [0.2, 0.25) is 12.1 Å². The summed E-state index contributed by atoms with van der Waals surface area (Å²) in [6.45, 7) is 0. The number of halogens is 3. The molecule has 0 spiro atoms. The van der Waals surface area contributed by atoms with Crippen LogP contribution in [0.5, 0.6) is 0 Å². The minimum Gasteiger partial charge on any atom is -0.320 e. The van der Waals surface area contributed by atoms with Gasteiger partial charge in [-0.1, -0.05) is 65.1 Å². The molecule has 5 nitrogen and oxygen atoms in total. The summed E-state index contributed by atoms with van der Waals surface area (Å²) in [7, 11) is -3.04. The Morgan fingerprint density at radius 1 is 1.30 bits per heavy atom. The van der Waals surface area contributed by atoms with Crippen LogP contribution in [0.3, 0.4) is 0 Å². The first-order valence-corrected chi connectivity index (χ1v) is 10.1. The fraction of sp³-hybridized carbons (Fsp3) is 0.500. The molecule has 2 rings (SSSR count). The number of quaternary nitrogens is 1. The van der Waals surface area contributed by atoms with Crippen LogP contribution in [0.15, 0.2) is 30.3 Å². The van der Waals surface area contributed by atoms with Gasteiger partial charge < -0.3 is 10.6 Å². The summed E-state index contributed by atoms with van der Waals surface area (Å²) >= 11 is 17.8. The molecule has 1 saturated heterocycles. The zero-order valence-corrected chi connectivity index (χ0v) is 15.3. The summed E-state index contributed by atoms with van der Waals surface area (Å²) in [5.41, 5.74) is 0.844. The van der Waals surface area contributed by atoms with Crippen LogP contribution in [0.1, 0.15) is 12.0 Å². The number of carbonyl (C=O) groups is 1. The van der Waals surface area contributed by atoms with Crippen LogP contribution in [0, 0.1) is 0 Å². The molecule has 2 atom stereocenters. The van der Waals surface area contributed by atoms with E-state index in [9.17, 15) is 13.2 Å². The fourth-order valence-electron chi connectivity index (χ4n) is 2.49. The van der Waals surface area contributed by atoms with E-state index in [2.05, 4.69) is 5.32 Å². The summed E-state index contributed by atoms with van der Waals surface area (Å²) < 4.78 is 21.3. The third-order valence-corrected chi connectivity index (χ3v) is 6.11. The van der Waals surface area contributed by atoms with Crippen molar-refractivity contribution in [1.29, 1.82) is 0 Å². The van der Waals surface area contributed by atoms with Crippen molar-refractivity contribution >= 4 is 50.5 Å². The Morgan fingerprint density at radius 3 is 2.48 bits per heavy atom. The quantitative estimate of drug-likeness (QED) is 0.566. The van der Waals surface area contributed by atoms with Crippen molar-refractivity contribution in [2.24, 2.45) is 0 Å². The lowest BCUT2D eigenvalue weighted by Gasteiger charge is -2.25. The van der Waals surface area contributed by atoms with Crippen LogP contribution >= 0.6 is 34.8 Å². The lowest BCUT2D eigenvalue weighted by atomic mass is 10.1. The van der Waals surface area contributed by atoms with Crippen molar-refractivity contribution in [1.82, 2.24) is 5.32 Å². The Balaban J connectivity index is 1.97. The van der Waals surface area contributed by atoms with Gasteiger partial charge in [-0.15, -0.1) is 0 Å². The lowest BCUT2D eigenvalue weighted by Crippen LogP contribution is -3.01. The third kappa shape index (κ3) is 6.12. The smallest absolute Gasteiger partial charge is 0.262 e. The highest BCUT2D eigenvalue weighted by atomic mass is 35.6. The predicted octanol–water partition coefficient (Wildman–Crippen LogP) is 0.792. The fourth-order valence-corrected chi connectivity index (χ4v) is 4.63. The number of nitrogens with two attached hydrogens (primary N) is 1. The Morgan fingerprint density at radius 2 is 1.96 bits per heavy atom. The highest BCUT2D eigenvalue weighted by Crippen LogP contribution is 2.27. The molecular formula is C14H18Cl3N2O3S+. The van der Waals surface area contributed by atoms with Crippen molar-refractivity contribution in [2.75, 3.05) is 11.5 Å². The van der Waals surface area contributed by atoms with Gasteiger partial charge in [0.05, 0.1) is 12.2 Å². The summed E-state index contributed by atoms with van der Waals surface area (Å²) in [6, 6.07) is 8.97. The predicted molar refractivity (Wildman–Crippen MR) is 91.4 cm³/mol. The number of benzene rings is 1. The van der Waals surface area contributed by atoms with Crippen molar-refractivity contribution < 1.29 is 18.5 Å². The van der Waals surface area contributed by atoms with Crippen molar-refractivity contribution in [2.45, 2.75) is 28.8 Å². The molecule has 0 saturated carbocycles. The second-order valence-corrected chi connectivity index (χ2v) is 10.2. The molecule has 3 N–H and O–H groups in total. The second-order valence-electron chi connectivity index (χ2n) is 5.60. The van der Waals surface area contributed by atoms with E-state index < -0.39 is 19.8 Å². The zero-order chi connectivity index (χ0) is 17.1. The molecule has 0 radical (unpaired) electrons. The summed E-state index contributed by atoms with van der Waals surface area (Å²) in [5, 5.41) is 4.30. The first-order valence-electron chi connectivity index (χ1n) is 7.11. The maximum absolute atomic E-state index is 12.1. The number of carbonyl (C=O) groups excluding carboxylic acids is 1. The summed E-state index contributed by atoms with van der Waals surface area (Å²) in [6.07, 6.45) is -0.203. The normalized spacial score (nSPS) is 21.8. The van der Waals surface area contributed by atoms with Crippen LogP contribution < -0.4 is 10.6 Å². The average molecular weight is 401 g/mol. The van der Waals surface area contributed by atoms with Gasteiger partial charge in [-0.2, -0.15) is 0 Å². The topological polar surface area (TPSA) is 79.8 Å². The lowest BCUT2D eigenvalue weighted by molar-refractivity contribution is -0.719. The zero-order valence-electron chi connectivity index (χ0n) is 12.2. The van der Waals surface area contributed by atoms with Gasteiger partial charge in [0.25, 0.3) is 3.79 Å². The standard InChI is InChI=1S/C14H17Cl3N2O3S/c15-14(16,17)13(18-11-6-7-23(21,22)9-11)19-12(20)8-10-4-2-1-3-5-10/h1-5,11,13,18H,6-9H2,(H,19,20)/p+1/t11-,13+/m1/s1. The van der Waals surface area contributed by atoms with Crippen LogP contribution in [-0.4, -0.2) is 41.8 Å². The molecule has 1 aromatic rings. The molecule has 0 bridgehead atoms. The van der Waals surface area contributed by atoms with E-state index in [1.165, 1.54) is 0 Å². The first-order chi connectivity index (χ1) is 10.7.